The Morgan fingerprint density at radius 1 is 0.624 bits per heavy atom. The summed E-state index contributed by atoms with van der Waals surface area (Å²) in [4.78, 5) is 190. The second-order valence-electron chi connectivity index (χ2n) is 19.7. The molecule has 31 nitrogen and oxygen atoms in total. The van der Waals surface area contributed by atoms with Crippen LogP contribution >= 0.6 is 21.6 Å². The van der Waals surface area contributed by atoms with Crippen LogP contribution in [0.2, 0.25) is 0 Å². The van der Waals surface area contributed by atoms with Crippen molar-refractivity contribution < 1.29 is 72.2 Å². The molecule has 464 valence electrons. The van der Waals surface area contributed by atoms with Crippen LogP contribution in [0.5, 0.6) is 5.75 Å². The average Bonchev–Trinajstić information content (AvgIpc) is 4.23. The summed E-state index contributed by atoms with van der Waals surface area (Å²) in [6.07, 6.45) is -1.13. The number of benzene rings is 2. The van der Waals surface area contributed by atoms with Crippen molar-refractivity contribution in [3.05, 3.63) is 65.7 Å². The molecule has 2 fully saturated rings. The summed E-state index contributed by atoms with van der Waals surface area (Å²) in [6, 6.07) is 1.48. The number of phenols is 1. The molecule has 0 spiro atoms. The van der Waals surface area contributed by atoms with E-state index in [1.54, 1.807) is 30.3 Å². The minimum atomic E-state index is -1.87. The number of hydrogen-bond acceptors (Lipinski definition) is 19. The highest BCUT2D eigenvalue weighted by atomic mass is 33.1. The number of rotatable bonds is 25. The number of phenolic OH excluding ortho intramolecular Hbond substituents is 1. The lowest BCUT2D eigenvalue weighted by atomic mass is 10.0. The van der Waals surface area contributed by atoms with Crippen molar-refractivity contribution in [2.75, 3.05) is 50.8 Å². The minimum Gasteiger partial charge on any atom is -0.508 e. The van der Waals surface area contributed by atoms with Crippen LogP contribution in [0.4, 0.5) is 0 Å². The van der Waals surface area contributed by atoms with E-state index in [-0.39, 0.29) is 56.7 Å². The monoisotopic (exact) mass is 1230 g/mol. The van der Waals surface area contributed by atoms with Crippen molar-refractivity contribution in [1.82, 2.24) is 58.1 Å². The van der Waals surface area contributed by atoms with Gasteiger partial charge >= 0.3 is 0 Å². The molecule has 2 unspecified atom stereocenters. The summed E-state index contributed by atoms with van der Waals surface area (Å²) in [7, 11) is 1.73. The predicted octanol–water partition coefficient (Wildman–Crippen LogP) is -6.98. The largest absolute Gasteiger partial charge is 0.508 e. The van der Waals surface area contributed by atoms with Crippen molar-refractivity contribution in [1.29, 1.82) is 0 Å². The Bertz CT molecular complexity index is 2730. The normalized spacial score (nSPS) is 21.2. The Hall–Kier alpha value is -8.56. The van der Waals surface area contributed by atoms with E-state index in [0.717, 1.165) is 26.5 Å². The van der Waals surface area contributed by atoms with Crippen LogP contribution in [-0.4, -0.2) is 192 Å². The van der Waals surface area contributed by atoms with Crippen molar-refractivity contribution in [3.8, 4) is 5.75 Å². The first-order valence-electron chi connectivity index (χ1n) is 27.0. The average molecular weight is 1230 g/mol. The SMILES string of the molecule is NCCCC[C@H](NC(=O)[C@@H]1CCCN1C(=O)[C@@H]1CSSCC(NC(=O)CNC(=O)CNC(=O)CN)C(=O)N[C@@H](Cc2ccc(O)cc2)C(=O)N[C@@H](Cc2ccccc2)C(=O)NC(CCC(N)=O)C(=O)N[C@@H](CC(N)=O)C(=O)N1)C(=O)NCC(N)=O. The highest BCUT2D eigenvalue weighted by Gasteiger charge is 2.41. The molecule has 2 aliphatic rings. The van der Waals surface area contributed by atoms with Gasteiger partial charge in [-0.2, -0.15) is 0 Å². The number of nitrogens with one attached hydrogen (secondary N) is 10. The summed E-state index contributed by atoms with van der Waals surface area (Å²) < 4.78 is 0. The third kappa shape index (κ3) is 24.3. The second kappa shape index (κ2) is 35.5. The van der Waals surface area contributed by atoms with E-state index in [0.29, 0.717) is 24.0 Å². The molecule has 0 aromatic heterocycles. The Kier molecular flexibility index (Phi) is 28.8. The van der Waals surface area contributed by atoms with Gasteiger partial charge in [0.25, 0.3) is 0 Å². The fourth-order valence-electron chi connectivity index (χ4n) is 8.62. The lowest BCUT2D eigenvalue weighted by Gasteiger charge is -2.31. The van der Waals surface area contributed by atoms with Crippen LogP contribution in [0, 0.1) is 0 Å². The maximum Gasteiger partial charge on any atom is 0.246 e. The van der Waals surface area contributed by atoms with Gasteiger partial charge in [-0.15, -0.1) is 0 Å². The summed E-state index contributed by atoms with van der Waals surface area (Å²) in [5, 5.41) is 34.8. The number of amides is 14. The third-order valence-corrected chi connectivity index (χ3v) is 15.4. The van der Waals surface area contributed by atoms with Gasteiger partial charge in [0.2, 0.25) is 82.7 Å². The van der Waals surface area contributed by atoms with Gasteiger partial charge in [0, 0.05) is 37.3 Å². The van der Waals surface area contributed by atoms with Gasteiger partial charge in [0.05, 0.1) is 32.6 Å². The van der Waals surface area contributed by atoms with Crippen LogP contribution in [0.25, 0.3) is 0 Å². The number of nitrogens with two attached hydrogens (primary N) is 5. The zero-order valence-corrected chi connectivity index (χ0v) is 48.0. The topological polar surface area (TPSA) is 513 Å². The highest BCUT2D eigenvalue weighted by Crippen LogP contribution is 2.26. The first-order chi connectivity index (χ1) is 40.5. The molecule has 0 saturated carbocycles. The maximum atomic E-state index is 14.8. The maximum absolute atomic E-state index is 14.8. The van der Waals surface area contributed by atoms with E-state index < -0.39 is 182 Å². The summed E-state index contributed by atoms with van der Waals surface area (Å²) >= 11 is 0. The molecule has 85 heavy (non-hydrogen) atoms. The number of primary amides is 3. The van der Waals surface area contributed by atoms with Gasteiger partial charge in [-0.3, -0.25) is 67.1 Å². The molecule has 0 bridgehead atoms. The molecule has 14 amide bonds. The summed E-state index contributed by atoms with van der Waals surface area (Å²) in [5.74, 6) is -13.8. The molecule has 2 heterocycles. The minimum absolute atomic E-state index is 0.0517. The first kappa shape index (κ1) is 68.9. The molecule has 2 aromatic rings. The zero-order chi connectivity index (χ0) is 62.6. The molecule has 8 atom stereocenters. The first-order valence-corrected chi connectivity index (χ1v) is 29.5. The van der Waals surface area contributed by atoms with Crippen LogP contribution in [0.15, 0.2) is 54.6 Å². The van der Waals surface area contributed by atoms with Crippen molar-refractivity contribution in [3.63, 3.8) is 0 Å². The van der Waals surface area contributed by atoms with Gasteiger partial charge in [-0.05, 0) is 68.3 Å². The Labute approximate surface area is 496 Å². The van der Waals surface area contributed by atoms with Gasteiger partial charge in [-0.1, -0.05) is 64.1 Å². The molecule has 2 aliphatic heterocycles. The van der Waals surface area contributed by atoms with Gasteiger partial charge in [-0.25, -0.2) is 0 Å². The number of carbonyl (C=O) groups is 14. The number of aromatic hydroxyl groups is 1. The molecule has 2 aromatic carbocycles. The van der Waals surface area contributed by atoms with Crippen molar-refractivity contribution >= 4 is 104 Å². The van der Waals surface area contributed by atoms with E-state index >= 15 is 0 Å². The number of nitrogens with zero attached hydrogens (tertiary/aromatic N) is 1. The fourth-order valence-corrected chi connectivity index (χ4v) is 10.9. The van der Waals surface area contributed by atoms with Crippen molar-refractivity contribution in [2.24, 2.45) is 28.7 Å². The third-order valence-electron chi connectivity index (χ3n) is 13.0. The van der Waals surface area contributed by atoms with Gasteiger partial charge < -0.3 is 91.8 Å². The van der Waals surface area contributed by atoms with Crippen molar-refractivity contribution in [2.45, 2.75) is 113 Å². The van der Waals surface area contributed by atoms with E-state index in [1.165, 1.54) is 24.3 Å². The lowest BCUT2D eigenvalue weighted by molar-refractivity contribution is -0.142. The van der Waals surface area contributed by atoms with Gasteiger partial charge in [0.15, 0.2) is 0 Å². The lowest BCUT2D eigenvalue weighted by Crippen LogP contribution is -2.61. The van der Waals surface area contributed by atoms with E-state index in [2.05, 4.69) is 53.2 Å². The molecule has 2 saturated heterocycles. The van der Waals surface area contributed by atoms with E-state index in [9.17, 15) is 72.2 Å². The summed E-state index contributed by atoms with van der Waals surface area (Å²) in [5.41, 5.74) is 28.1. The van der Waals surface area contributed by atoms with E-state index in [4.69, 9.17) is 28.7 Å². The molecule has 4 rings (SSSR count). The number of unbranched alkanes of at least 4 members (excludes halogenated alkanes) is 1. The molecular formula is C52H74N16O15S2. The molecule has 0 radical (unpaired) electrons. The fraction of sp³-hybridized carbons (Fsp3) is 0.500. The second-order valence-corrected chi connectivity index (χ2v) is 22.3. The molecule has 0 aliphatic carbocycles. The quantitative estimate of drug-likeness (QED) is 0.0324. The number of likely N-dealkylation sites (tertiary alicyclic amines) is 1. The number of carbonyl (C=O) groups excluding carboxylic acids is 14. The highest BCUT2D eigenvalue weighted by molar-refractivity contribution is 8.76. The van der Waals surface area contributed by atoms with E-state index in [1.807, 2.05) is 0 Å². The zero-order valence-electron chi connectivity index (χ0n) is 46.4. The molecule has 21 N–H and O–H groups in total. The Balaban J connectivity index is 1.81. The Morgan fingerprint density at radius 3 is 1.82 bits per heavy atom. The van der Waals surface area contributed by atoms with Crippen LogP contribution in [0.3, 0.4) is 0 Å². The predicted molar refractivity (Wildman–Crippen MR) is 308 cm³/mol. The summed E-state index contributed by atoms with van der Waals surface area (Å²) in [6.45, 7) is -2.01. The molecular weight excluding hydrogens is 1150 g/mol. The standard InChI is InChI=1S/C52H74N16O15S2/c53-17-5-4-9-31(45(76)60-23-41(57)72)63-51(82)38-10-6-18-68(38)52(83)37-27-85-84-26-36(61-44(75)25-59-43(74)24-58-42(73)22-54)50(81)65-34(20-29-11-13-30(69)14-12-29)48(79)64-33(19-28-7-2-1-3-8-28)47(78)62-32(15-16-39(55)70)46(77)66-35(21-40(56)71)49(80)67-37/h1-3,7-8,11-14,31-38,69H,4-6,9-10,15-27,53-54H2,(H2,55,70)(H2,56,71)(H2,57,72)(H,58,73)(H,59,74)(H,60,76)(H,61,75)(H,62,78)(H,63,82)(H,64,79)(H,65,81)(H,66,77)(H,67,80)/t31-,32?,33-,34-,35-,36?,37-,38-/m0/s1. The van der Waals surface area contributed by atoms with Crippen LogP contribution < -0.4 is 81.8 Å². The number of hydrogen-bond donors (Lipinski definition) is 16. The van der Waals surface area contributed by atoms with Gasteiger partial charge in [0.1, 0.15) is 54.1 Å². The van der Waals surface area contributed by atoms with Crippen LogP contribution in [-0.2, 0) is 80.0 Å². The Morgan fingerprint density at radius 2 is 1.20 bits per heavy atom. The molecule has 33 heteroatoms. The smallest absolute Gasteiger partial charge is 0.246 e. The van der Waals surface area contributed by atoms with Crippen LogP contribution in [0.1, 0.15) is 62.5 Å².